The van der Waals surface area contributed by atoms with Gasteiger partial charge in [0.2, 0.25) is 15.9 Å². The molecular formula is C18H19N5O3S. The van der Waals surface area contributed by atoms with Crippen LogP contribution in [0.1, 0.15) is 17.0 Å². The normalized spacial score (nSPS) is 14.7. The van der Waals surface area contributed by atoms with Gasteiger partial charge in [-0.15, -0.1) is 5.10 Å². The van der Waals surface area contributed by atoms with Crippen molar-refractivity contribution < 1.29 is 13.2 Å². The first kappa shape index (κ1) is 17.6. The lowest BCUT2D eigenvalue weighted by Crippen LogP contribution is -2.38. The van der Waals surface area contributed by atoms with E-state index in [-0.39, 0.29) is 13.2 Å². The molecule has 0 saturated carbocycles. The smallest absolute Gasteiger partial charge is 0.243 e. The first-order chi connectivity index (χ1) is 13.0. The van der Waals surface area contributed by atoms with E-state index in [0.717, 1.165) is 11.3 Å². The summed E-state index contributed by atoms with van der Waals surface area (Å²) in [5.41, 5.74) is 2.38. The molecule has 3 heterocycles. The van der Waals surface area contributed by atoms with Crippen LogP contribution in [-0.2, 0) is 29.7 Å². The van der Waals surface area contributed by atoms with E-state index < -0.39 is 10.0 Å². The summed E-state index contributed by atoms with van der Waals surface area (Å²) >= 11 is 0. The maximum absolute atomic E-state index is 13.0. The number of benzene rings is 1. The third kappa shape index (κ3) is 3.56. The Labute approximate surface area is 157 Å². The van der Waals surface area contributed by atoms with Crippen molar-refractivity contribution in [1.29, 1.82) is 0 Å². The van der Waals surface area contributed by atoms with Gasteiger partial charge < -0.3 is 4.74 Å². The summed E-state index contributed by atoms with van der Waals surface area (Å²) < 4.78 is 34.7. The zero-order chi connectivity index (χ0) is 18.9. The van der Waals surface area contributed by atoms with E-state index in [0.29, 0.717) is 29.6 Å². The number of fused-ring (bicyclic) bond motifs is 1. The van der Waals surface area contributed by atoms with Crippen molar-refractivity contribution >= 4 is 10.0 Å². The lowest BCUT2D eigenvalue weighted by atomic mass is 10.2. The van der Waals surface area contributed by atoms with Crippen LogP contribution < -0.4 is 4.74 Å². The maximum atomic E-state index is 13.0. The predicted octanol–water partition coefficient (Wildman–Crippen LogP) is 1.77. The SMILES string of the molecule is Cc1ccc(S(=O)(=O)N2CCn3nnc(COc4ccccn4)c3C2)cc1. The van der Waals surface area contributed by atoms with Crippen LogP contribution in [0.2, 0.25) is 0 Å². The maximum Gasteiger partial charge on any atom is 0.243 e. The average molecular weight is 385 g/mol. The van der Waals surface area contributed by atoms with E-state index >= 15 is 0 Å². The monoisotopic (exact) mass is 385 g/mol. The molecule has 0 saturated heterocycles. The van der Waals surface area contributed by atoms with Crippen molar-refractivity contribution in [3.63, 3.8) is 0 Å². The highest BCUT2D eigenvalue weighted by atomic mass is 32.2. The molecule has 3 aromatic rings. The third-order valence-corrected chi connectivity index (χ3v) is 6.32. The number of aryl methyl sites for hydroxylation is 1. The van der Waals surface area contributed by atoms with Crippen LogP contribution in [0.15, 0.2) is 53.6 Å². The van der Waals surface area contributed by atoms with Gasteiger partial charge in [0.1, 0.15) is 12.3 Å². The fraction of sp³-hybridized carbons (Fsp3) is 0.278. The summed E-state index contributed by atoms with van der Waals surface area (Å²) in [7, 11) is -3.57. The lowest BCUT2D eigenvalue weighted by molar-refractivity contribution is 0.281. The number of pyridine rings is 1. The summed E-state index contributed by atoms with van der Waals surface area (Å²) in [5.74, 6) is 0.485. The number of nitrogens with zero attached hydrogens (tertiary/aromatic N) is 5. The quantitative estimate of drug-likeness (QED) is 0.665. The molecule has 0 fully saturated rings. The number of sulfonamides is 1. The fourth-order valence-corrected chi connectivity index (χ4v) is 4.32. The standard InChI is InChI=1S/C18H19N5O3S/c1-14-5-7-15(8-6-14)27(24,25)22-10-11-23-17(12-22)16(20-21-23)13-26-18-4-2-3-9-19-18/h2-9H,10-13H2,1H3. The van der Waals surface area contributed by atoms with Crippen molar-refractivity contribution in [3.8, 4) is 5.88 Å². The van der Waals surface area contributed by atoms with Gasteiger partial charge >= 0.3 is 0 Å². The van der Waals surface area contributed by atoms with E-state index in [1.165, 1.54) is 4.31 Å². The molecule has 27 heavy (non-hydrogen) atoms. The largest absolute Gasteiger partial charge is 0.471 e. The van der Waals surface area contributed by atoms with Crippen LogP contribution in [0.5, 0.6) is 5.88 Å². The minimum Gasteiger partial charge on any atom is -0.471 e. The van der Waals surface area contributed by atoms with Crippen molar-refractivity contribution in [3.05, 3.63) is 65.6 Å². The van der Waals surface area contributed by atoms with E-state index in [9.17, 15) is 8.42 Å². The van der Waals surface area contributed by atoms with Gasteiger partial charge in [-0.05, 0) is 25.1 Å². The number of hydrogen-bond acceptors (Lipinski definition) is 6. The minimum absolute atomic E-state index is 0.185. The van der Waals surface area contributed by atoms with Gasteiger partial charge in [0, 0.05) is 18.8 Å². The van der Waals surface area contributed by atoms with Crippen LogP contribution in [0.3, 0.4) is 0 Å². The third-order valence-electron chi connectivity index (χ3n) is 4.46. The second-order valence-corrected chi connectivity index (χ2v) is 8.25. The summed E-state index contributed by atoms with van der Waals surface area (Å²) in [6.45, 7) is 3.13. The van der Waals surface area contributed by atoms with Crippen molar-refractivity contribution in [2.45, 2.75) is 31.5 Å². The highest BCUT2D eigenvalue weighted by molar-refractivity contribution is 7.89. The Morgan fingerprint density at radius 1 is 1.11 bits per heavy atom. The van der Waals surface area contributed by atoms with Gasteiger partial charge in [-0.25, -0.2) is 18.1 Å². The summed E-state index contributed by atoms with van der Waals surface area (Å²) in [5, 5.41) is 8.27. The molecule has 1 aromatic carbocycles. The summed E-state index contributed by atoms with van der Waals surface area (Å²) in [6, 6.07) is 12.3. The first-order valence-corrected chi connectivity index (χ1v) is 10.00. The highest BCUT2D eigenvalue weighted by Crippen LogP contribution is 2.23. The topological polar surface area (TPSA) is 90.2 Å². The van der Waals surface area contributed by atoms with Gasteiger partial charge in [0.05, 0.1) is 23.7 Å². The molecule has 140 valence electrons. The molecule has 2 aromatic heterocycles. The Morgan fingerprint density at radius 3 is 2.67 bits per heavy atom. The van der Waals surface area contributed by atoms with Crippen molar-refractivity contribution in [2.24, 2.45) is 0 Å². The van der Waals surface area contributed by atoms with Crippen LogP contribution >= 0.6 is 0 Å². The zero-order valence-corrected chi connectivity index (χ0v) is 15.6. The molecule has 0 amide bonds. The molecule has 9 heteroatoms. The molecule has 1 aliphatic heterocycles. The number of rotatable bonds is 5. The predicted molar refractivity (Wildman–Crippen MR) is 97.4 cm³/mol. The van der Waals surface area contributed by atoms with Crippen LogP contribution in [0.4, 0.5) is 0 Å². The Morgan fingerprint density at radius 2 is 1.93 bits per heavy atom. The molecule has 4 rings (SSSR count). The molecule has 0 atom stereocenters. The van der Waals surface area contributed by atoms with E-state index in [2.05, 4.69) is 15.3 Å². The minimum atomic E-state index is -3.57. The molecule has 0 unspecified atom stereocenters. The van der Waals surface area contributed by atoms with Gasteiger partial charge in [-0.3, -0.25) is 0 Å². The van der Waals surface area contributed by atoms with Gasteiger partial charge in [-0.1, -0.05) is 29.0 Å². The fourth-order valence-electron chi connectivity index (χ4n) is 2.92. The van der Waals surface area contributed by atoms with Crippen LogP contribution in [-0.4, -0.2) is 39.2 Å². The molecule has 0 spiro atoms. The molecule has 8 nitrogen and oxygen atoms in total. The molecule has 1 aliphatic rings. The molecule has 0 N–H and O–H groups in total. The Kier molecular flexibility index (Phi) is 4.63. The van der Waals surface area contributed by atoms with Gasteiger partial charge in [0.25, 0.3) is 0 Å². The van der Waals surface area contributed by atoms with Crippen LogP contribution in [0, 0.1) is 6.92 Å². The Hall–Kier alpha value is -2.78. The second kappa shape index (κ2) is 7.09. The Bertz CT molecular complexity index is 1030. The van der Waals surface area contributed by atoms with E-state index in [4.69, 9.17) is 4.74 Å². The molecule has 0 radical (unpaired) electrons. The van der Waals surface area contributed by atoms with E-state index in [1.807, 2.05) is 13.0 Å². The Balaban J connectivity index is 1.54. The average Bonchev–Trinajstić information content (AvgIpc) is 3.10. The molecular weight excluding hydrogens is 366 g/mol. The number of hydrogen-bond donors (Lipinski definition) is 0. The zero-order valence-electron chi connectivity index (χ0n) is 14.8. The van der Waals surface area contributed by atoms with Crippen molar-refractivity contribution in [2.75, 3.05) is 6.54 Å². The second-order valence-electron chi connectivity index (χ2n) is 6.31. The lowest BCUT2D eigenvalue weighted by Gasteiger charge is -2.27. The number of aromatic nitrogens is 4. The summed E-state index contributed by atoms with van der Waals surface area (Å²) in [4.78, 5) is 4.40. The summed E-state index contributed by atoms with van der Waals surface area (Å²) in [6.07, 6.45) is 1.64. The van der Waals surface area contributed by atoms with Gasteiger partial charge in [-0.2, -0.15) is 4.31 Å². The van der Waals surface area contributed by atoms with E-state index in [1.54, 1.807) is 47.3 Å². The molecule has 0 aliphatic carbocycles. The highest BCUT2D eigenvalue weighted by Gasteiger charge is 2.31. The molecule has 0 bridgehead atoms. The number of ether oxygens (including phenoxy) is 1. The van der Waals surface area contributed by atoms with Gasteiger partial charge in [0.15, 0.2) is 0 Å². The van der Waals surface area contributed by atoms with Crippen molar-refractivity contribution in [1.82, 2.24) is 24.3 Å². The van der Waals surface area contributed by atoms with Crippen LogP contribution in [0.25, 0.3) is 0 Å². The first-order valence-electron chi connectivity index (χ1n) is 8.56.